The lowest BCUT2D eigenvalue weighted by molar-refractivity contribution is -0.125. The topological polar surface area (TPSA) is 80.5 Å². The molecule has 1 aromatic carbocycles. The number of sulfone groups is 1. The molecule has 2 N–H and O–H groups in total. The number of nitrogens with two attached hydrogens (primary N) is 1. The summed E-state index contributed by atoms with van der Waals surface area (Å²) in [6.07, 6.45) is 0. The molecule has 1 amide bonds. The second kappa shape index (κ2) is 4.93. The predicted octanol–water partition coefficient (Wildman–Crippen LogP) is 0.784. The molecule has 0 saturated heterocycles. The maximum absolute atomic E-state index is 11.9. The number of hydrogen-bond donors (Lipinski definition) is 1. The van der Waals surface area contributed by atoms with Crippen LogP contribution in [0, 0.1) is 0 Å². The second-order valence-corrected chi connectivity index (χ2v) is 6.13. The molecule has 0 fully saturated rings. The molecule has 7 heteroatoms. The fourth-order valence-electron chi connectivity index (χ4n) is 1.08. The van der Waals surface area contributed by atoms with Crippen molar-refractivity contribution in [2.45, 2.75) is 4.90 Å². The summed E-state index contributed by atoms with van der Waals surface area (Å²) in [6, 6.07) is 3.98. The van der Waals surface area contributed by atoms with Crippen molar-refractivity contribution >= 4 is 33.0 Å². The van der Waals surface area contributed by atoms with Gasteiger partial charge >= 0.3 is 0 Å². The van der Waals surface area contributed by atoms with Crippen LogP contribution in [0.1, 0.15) is 0 Å². The lowest BCUT2D eigenvalue weighted by Gasteiger charge is -2.11. The number of amides is 1. The van der Waals surface area contributed by atoms with Crippen LogP contribution in [0.3, 0.4) is 0 Å². The van der Waals surface area contributed by atoms with Crippen LogP contribution in [0.2, 0.25) is 5.02 Å². The van der Waals surface area contributed by atoms with Gasteiger partial charge in [-0.2, -0.15) is 0 Å². The number of anilines is 1. The van der Waals surface area contributed by atoms with Crippen LogP contribution in [0.5, 0.6) is 0 Å². The molecule has 0 aliphatic heterocycles. The van der Waals surface area contributed by atoms with Crippen molar-refractivity contribution < 1.29 is 13.2 Å². The highest BCUT2D eigenvalue weighted by Crippen LogP contribution is 2.23. The first kappa shape index (κ1) is 13.8. The number of carbonyl (C=O) groups is 1. The van der Waals surface area contributed by atoms with E-state index < -0.39 is 21.5 Å². The molecule has 0 saturated carbocycles. The first-order valence-electron chi connectivity index (χ1n) is 4.72. The predicted molar refractivity (Wildman–Crippen MR) is 66.6 cm³/mol. The highest BCUT2D eigenvalue weighted by atomic mass is 35.5. The summed E-state index contributed by atoms with van der Waals surface area (Å²) < 4.78 is 23.7. The molecule has 0 heterocycles. The monoisotopic (exact) mass is 276 g/mol. The zero-order valence-corrected chi connectivity index (χ0v) is 11.0. The molecule has 0 aliphatic rings. The van der Waals surface area contributed by atoms with Gasteiger partial charge in [-0.15, -0.1) is 0 Å². The lowest BCUT2D eigenvalue weighted by atomic mass is 10.3. The van der Waals surface area contributed by atoms with Crippen molar-refractivity contribution in [2.75, 3.05) is 25.6 Å². The first-order valence-corrected chi connectivity index (χ1v) is 6.75. The Bertz CT molecular complexity index is 540. The fourth-order valence-corrected chi connectivity index (χ4v) is 2.64. The minimum atomic E-state index is -3.68. The second-order valence-electron chi connectivity index (χ2n) is 3.73. The van der Waals surface area contributed by atoms with E-state index in [2.05, 4.69) is 0 Å². The zero-order chi connectivity index (χ0) is 13.2. The quantitative estimate of drug-likeness (QED) is 0.828. The van der Waals surface area contributed by atoms with Gasteiger partial charge in [-0.05, 0) is 18.2 Å². The summed E-state index contributed by atoms with van der Waals surface area (Å²) in [5.74, 6) is -1.07. The molecule has 0 radical (unpaired) electrons. The molecule has 0 unspecified atom stereocenters. The summed E-state index contributed by atoms with van der Waals surface area (Å²) in [5.41, 5.74) is 5.78. The smallest absolute Gasteiger partial charge is 0.237 e. The van der Waals surface area contributed by atoms with E-state index in [0.717, 1.165) is 0 Å². The molecule has 17 heavy (non-hydrogen) atoms. The van der Waals surface area contributed by atoms with Gasteiger partial charge in [0.2, 0.25) is 5.91 Å². The first-order chi connectivity index (χ1) is 7.74. The number of nitrogen functional groups attached to an aromatic ring is 1. The molecule has 0 aliphatic carbocycles. The largest absolute Gasteiger partial charge is 0.398 e. The average molecular weight is 277 g/mol. The van der Waals surface area contributed by atoms with Crippen LogP contribution in [0.15, 0.2) is 23.1 Å². The Morgan fingerprint density at radius 1 is 1.41 bits per heavy atom. The molecule has 94 valence electrons. The van der Waals surface area contributed by atoms with E-state index in [1.165, 1.54) is 37.2 Å². The van der Waals surface area contributed by atoms with Gasteiger partial charge in [-0.1, -0.05) is 11.6 Å². The molecule has 0 aromatic heterocycles. The van der Waals surface area contributed by atoms with E-state index in [-0.39, 0.29) is 9.92 Å². The van der Waals surface area contributed by atoms with Gasteiger partial charge in [0, 0.05) is 14.1 Å². The normalized spacial score (nSPS) is 11.2. The SMILES string of the molecule is CN(C)C(=O)CS(=O)(=O)c1ccc(N)c(Cl)c1. The molecule has 0 bridgehead atoms. The fraction of sp³-hybridized carbons (Fsp3) is 0.300. The van der Waals surface area contributed by atoms with Crippen LogP contribution in [-0.2, 0) is 14.6 Å². The standard InChI is InChI=1S/C10H13ClN2O3S/c1-13(2)10(14)6-17(15,16)7-3-4-9(12)8(11)5-7/h3-5H,6,12H2,1-2H3. The Kier molecular flexibility index (Phi) is 4.00. The number of rotatable bonds is 3. The van der Waals surface area contributed by atoms with Crippen molar-refractivity contribution in [3.63, 3.8) is 0 Å². The van der Waals surface area contributed by atoms with E-state index in [1.54, 1.807) is 0 Å². The maximum atomic E-state index is 11.9. The third-order valence-electron chi connectivity index (χ3n) is 2.14. The number of benzene rings is 1. The van der Waals surface area contributed by atoms with Crippen molar-refractivity contribution in [2.24, 2.45) is 0 Å². The molecule has 1 rings (SSSR count). The van der Waals surface area contributed by atoms with Gasteiger partial charge in [0.25, 0.3) is 0 Å². The Balaban J connectivity index is 3.06. The third-order valence-corrected chi connectivity index (χ3v) is 4.07. The number of hydrogen-bond acceptors (Lipinski definition) is 4. The number of carbonyl (C=O) groups excluding carboxylic acids is 1. The Morgan fingerprint density at radius 3 is 2.47 bits per heavy atom. The van der Waals surface area contributed by atoms with Gasteiger partial charge in [-0.3, -0.25) is 4.79 Å². The van der Waals surface area contributed by atoms with E-state index >= 15 is 0 Å². The van der Waals surface area contributed by atoms with Crippen molar-refractivity contribution in [3.8, 4) is 0 Å². The molecular weight excluding hydrogens is 264 g/mol. The molecule has 5 nitrogen and oxygen atoms in total. The highest BCUT2D eigenvalue weighted by Gasteiger charge is 2.21. The molecule has 0 atom stereocenters. The van der Waals surface area contributed by atoms with Crippen LogP contribution in [-0.4, -0.2) is 39.1 Å². The summed E-state index contributed by atoms with van der Waals surface area (Å²) in [6.45, 7) is 0. The van der Waals surface area contributed by atoms with Gasteiger partial charge in [0.05, 0.1) is 15.6 Å². The van der Waals surface area contributed by atoms with Gasteiger partial charge in [-0.25, -0.2) is 8.42 Å². The summed E-state index contributed by atoms with van der Waals surface area (Å²) in [4.78, 5) is 12.6. The van der Waals surface area contributed by atoms with Crippen LogP contribution >= 0.6 is 11.6 Å². The van der Waals surface area contributed by atoms with Crippen LogP contribution < -0.4 is 5.73 Å². The van der Waals surface area contributed by atoms with Crippen LogP contribution in [0.25, 0.3) is 0 Å². The lowest BCUT2D eigenvalue weighted by Crippen LogP contribution is -2.29. The summed E-state index contributed by atoms with van der Waals surface area (Å²) >= 11 is 5.73. The summed E-state index contributed by atoms with van der Waals surface area (Å²) in [5, 5.41) is 0.156. The van der Waals surface area contributed by atoms with Gasteiger partial charge in [0.1, 0.15) is 5.75 Å². The Hall–Kier alpha value is -1.27. The summed E-state index contributed by atoms with van der Waals surface area (Å²) in [7, 11) is -0.687. The third kappa shape index (κ3) is 3.34. The van der Waals surface area contributed by atoms with Crippen LogP contribution in [0.4, 0.5) is 5.69 Å². The van der Waals surface area contributed by atoms with E-state index in [0.29, 0.717) is 5.69 Å². The van der Waals surface area contributed by atoms with Crippen molar-refractivity contribution in [1.82, 2.24) is 4.90 Å². The van der Waals surface area contributed by atoms with Crippen molar-refractivity contribution in [1.29, 1.82) is 0 Å². The Labute approximate surface area is 105 Å². The van der Waals surface area contributed by atoms with E-state index in [4.69, 9.17) is 17.3 Å². The maximum Gasteiger partial charge on any atom is 0.237 e. The van der Waals surface area contributed by atoms with E-state index in [9.17, 15) is 13.2 Å². The zero-order valence-electron chi connectivity index (χ0n) is 9.47. The van der Waals surface area contributed by atoms with Gasteiger partial charge in [0.15, 0.2) is 9.84 Å². The molecule has 1 aromatic rings. The number of nitrogens with zero attached hydrogens (tertiary/aromatic N) is 1. The van der Waals surface area contributed by atoms with E-state index in [1.807, 2.05) is 0 Å². The minimum absolute atomic E-state index is 0.00750. The highest BCUT2D eigenvalue weighted by molar-refractivity contribution is 7.92. The minimum Gasteiger partial charge on any atom is -0.398 e. The molecular formula is C10H13ClN2O3S. The molecule has 0 spiro atoms. The van der Waals surface area contributed by atoms with Crippen molar-refractivity contribution in [3.05, 3.63) is 23.2 Å². The number of halogens is 1. The Morgan fingerprint density at radius 2 is 2.00 bits per heavy atom. The average Bonchev–Trinajstić information content (AvgIpc) is 2.21. The van der Waals surface area contributed by atoms with Gasteiger partial charge < -0.3 is 10.6 Å².